The van der Waals surface area contributed by atoms with E-state index in [2.05, 4.69) is 26.3 Å². The molecule has 0 radical (unpaired) electrons. The number of nitrogens with two attached hydrogens (primary N) is 1. The van der Waals surface area contributed by atoms with Crippen LogP contribution in [0, 0.1) is 0 Å². The molecule has 212 valence electrons. The molecule has 9 N–H and O–H groups in total. The number of aromatic amines is 1. The Morgan fingerprint density at radius 1 is 0.974 bits per heavy atom. The number of fused-ring (bicyclic) bond motifs is 1. The maximum absolute atomic E-state index is 13.1. The number of hydrogen-bond acceptors (Lipinski definition) is 7. The second kappa shape index (κ2) is 14.3. The zero-order valence-corrected chi connectivity index (χ0v) is 21.6. The van der Waals surface area contributed by atoms with Crippen LogP contribution in [0.25, 0.3) is 10.9 Å². The third kappa shape index (κ3) is 8.52. The average molecular weight is 545 g/mol. The van der Waals surface area contributed by atoms with Crippen LogP contribution in [0.4, 0.5) is 0 Å². The quantitative estimate of drug-likeness (QED) is 0.137. The van der Waals surface area contributed by atoms with Gasteiger partial charge in [0.1, 0.15) is 18.1 Å². The van der Waals surface area contributed by atoms with E-state index in [1.54, 1.807) is 12.3 Å². The Labute approximate surface area is 225 Å². The fraction of sp³-hybridized carbons (Fsp3) is 0.500. The molecule has 0 saturated carbocycles. The Bertz CT molecular complexity index is 1180. The highest BCUT2D eigenvalue weighted by molar-refractivity contribution is 5.96. The van der Waals surface area contributed by atoms with Crippen molar-refractivity contribution in [2.45, 2.75) is 69.1 Å². The summed E-state index contributed by atoms with van der Waals surface area (Å²) < 4.78 is 0. The van der Waals surface area contributed by atoms with E-state index in [1.807, 2.05) is 18.2 Å². The molecule has 0 aliphatic carbocycles. The van der Waals surface area contributed by atoms with Gasteiger partial charge in [-0.05, 0) is 56.8 Å². The normalized spacial score (nSPS) is 17.2. The molecule has 1 aromatic carbocycles. The Morgan fingerprint density at radius 3 is 2.36 bits per heavy atom. The average Bonchev–Trinajstić information content (AvgIpc) is 3.58. The van der Waals surface area contributed by atoms with E-state index in [0.29, 0.717) is 37.9 Å². The highest BCUT2D eigenvalue weighted by Gasteiger charge is 2.32. The highest BCUT2D eigenvalue weighted by Crippen LogP contribution is 2.19. The van der Waals surface area contributed by atoms with Crippen LogP contribution < -0.4 is 27.0 Å². The minimum absolute atomic E-state index is 0.0645. The first-order valence-electron chi connectivity index (χ1n) is 13.0. The Kier molecular flexibility index (Phi) is 10.8. The van der Waals surface area contributed by atoms with Gasteiger partial charge in [-0.1, -0.05) is 18.2 Å². The Balaban J connectivity index is 1.71. The third-order valence-corrected chi connectivity index (χ3v) is 6.68. The number of carboxylic acids is 2. The molecule has 39 heavy (non-hydrogen) atoms. The van der Waals surface area contributed by atoms with Crippen molar-refractivity contribution in [3.63, 3.8) is 0 Å². The molecule has 13 nitrogen and oxygen atoms in total. The van der Waals surface area contributed by atoms with Gasteiger partial charge in [0, 0.05) is 23.5 Å². The first-order chi connectivity index (χ1) is 18.7. The molecule has 1 aromatic heterocycles. The molecular formula is C26H36N6O7. The summed E-state index contributed by atoms with van der Waals surface area (Å²) in [7, 11) is 0. The number of nitrogens with one attached hydrogen (secondary N) is 5. The second-order valence-electron chi connectivity index (χ2n) is 9.62. The molecule has 1 fully saturated rings. The number of aromatic nitrogens is 1. The number of hydrogen-bond donors (Lipinski definition) is 8. The van der Waals surface area contributed by atoms with Crippen molar-refractivity contribution in [3.05, 3.63) is 36.0 Å². The largest absolute Gasteiger partial charge is 0.481 e. The van der Waals surface area contributed by atoms with E-state index in [-0.39, 0.29) is 18.7 Å². The number of carbonyl (C=O) groups excluding carboxylic acids is 3. The predicted molar refractivity (Wildman–Crippen MR) is 142 cm³/mol. The van der Waals surface area contributed by atoms with Crippen molar-refractivity contribution < 1.29 is 34.2 Å². The van der Waals surface area contributed by atoms with Gasteiger partial charge in [-0.3, -0.25) is 19.2 Å². The Morgan fingerprint density at radius 2 is 1.69 bits per heavy atom. The lowest BCUT2D eigenvalue weighted by atomic mass is 10.0. The lowest BCUT2D eigenvalue weighted by Crippen LogP contribution is -2.57. The number of carboxylic acid groups (broad SMARTS) is 2. The summed E-state index contributed by atoms with van der Waals surface area (Å²) in [5.41, 5.74) is 7.00. The maximum atomic E-state index is 13.1. The van der Waals surface area contributed by atoms with Gasteiger partial charge in [0.05, 0.1) is 12.5 Å². The minimum atomic E-state index is -1.56. The van der Waals surface area contributed by atoms with Crippen LogP contribution in [-0.4, -0.2) is 82.1 Å². The van der Waals surface area contributed by atoms with Crippen LogP contribution in [0.3, 0.4) is 0 Å². The van der Waals surface area contributed by atoms with Crippen molar-refractivity contribution in [2.24, 2.45) is 5.73 Å². The SMILES string of the molecule is NCCCCC(NC(=O)C1CCCN1)C(=O)NC(CC(=O)O)C(=O)NC(Cc1c[nH]c2ccccc12)C(=O)O. The Hall–Kier alpha value is -3.97. The van der Waals surface area contributed by atoms with Gasteiger partial charge in [-0.15, -0.1) is 0 Å². The van der Waals surface area contributed by atoms with Crippen LogP contribution in [-0.2, 0) is 30.4 Å². The van der Waals surface area contributed by atoms with Gasteiger partial charge in [0.2, 0.25) is 17.7 Å². The molecule has 1 aliphatic heterocycles. The molecule has 13 heteroatoms. The maximum Gasteiger partial charge on any atom is 0.326 e. The monoisotopic (exact) mass is 544 g/mol. The molecular weight excluding hydrogens is 508 g/mol. The molecule has 3 amide bonds. The summed E-state index contributed by atoms with van der Waals surface area (Å²) in [6, 6.07) is 2.89. The van der Waals surface area contributed by atoms with Gasteiger partial charge in [-0.2, -0.15) is 0 Å². The summed E-state index contributed by atoms with van der Waals surface area (Å²) >= 11 is 0. The topological polar surface area (TPSA) is 216 Å². The smallest absolute Gasteiger partial charge is 0.326 e. The number of rotatable bonds is 15. The van der Waals surface area contributed by atoms with Crippen LogP contribution in [0.1, 0.15) is 44.1 Å². The van der Waals surface area contributed by atoms with Crippen LogP contribution in [0.2, 0.25) is 0 Å². The number of aliphatic carboxylic acids is 2. The fourth-order valence-corrected chi connectivity index (χ4v) is 4.59. The van der Waals surface area contributed by atoms with E-state index in [9.17, 15) is 34.2 Å². The van der Waals surface area contributed by atoms with Crippen molar-refractivity contribution in [3.8, 4) is 0 Å². The van der Waals surface area contributed by atoms with Crippen molar-refractivity contribution in [1.82, 2.24) is 26.3 Å². The third-order valence-electron chi connectivity index (χ3n) is 6.68. The summed E-state index contributed by atoms with van der Waals surface area (Å²) in [5, 5.41) is 30.4. The van der Waals surface area contributed by atoms with Gasteiger partial charge in [0.15, 0.2) is 0 Å². The number of amides is 3. The number of H-pyrrole nitrogens is 1. The van der Waals surface area contributed by atoms with Crippen molar-refractivity contribution in [1.29, 1.82) is 0 Å². The summed E-state index contributed by atoms with van der Waals surface area (Å²) in [6.07, 6.45) is 3.63. The van der Waals surface area contributed by atoms with Crippen LogP contribution in [0.15, 0.2) is 30.5 Å². The molecule has 3 rings (SSSR count). The number of carbonyl (C=O) groups is 5. The van der Waals surface area contributed by atoms with E-state index in [1.165, 1.54) is 0 Å². The summed E-state index contributed by atoms with van der Waals surface area (Å²) in [6.45, 7) is 1.08. The van der Waals surface area contributed by atoms with Gasteiger partial charge >= 0.3 is 11.9 Å². The molecule has 2 heterocycles. The fourth-order valence-electron chi connectivity index (χ4n) is 4.59. The van der Waals surface area contributed by atoms with Gasteiger partial charge in [0.25, 0.3) is 0 Å². The standard InChI is InChI=1S/C26H36N6O7/c27-10-4-3-8-19(30-23(35)18-9-5-11-28-18)24(36)31-20(13-22(33)34)25(37)32-21(26(38)39)12-15-14-29-17-7-2-1-6-16(15)17/h1-2,6-7,14,18-21,28-29H,3-5,8-13,27H2,(H,30,35)(H,31,36)(H,32,37)(H,33,34)(H,38,39). The van der Waals surface area contributed by atoms with Crippen molar-refractivity contribution >= 4 is 40.6 Å². The molecule has 0 spiro atoms. The van der Waals surface area contributed by atoms with E-state index >= 15 is 0 Å². The predicted octanol–water partition coefficient (Wildman–Crippen LogP) is -0.395. The van der Waals surface area contributed by atoms with Gasteiger partial charge < -0.3 is 42.2 Å². The molecule has 4 unspecified atom stereocenters. The number of para-hydroxylation sites is 1. The highest BCUT2D eigenvalue weighted by atomic mass is 16.4. The lowest BCUT2D eigenvalue weighted by Gasteiger charge is -2.24. The first-order valence-corrected chi connectivity index (χ1v) is 13.0. The van der Waals surface area contributed by atoms with E-state index < -0.39 is 54.3 Å². The lowest BCUT2D eigenvalue weighted by molar-refractivity contribution is -0.143. The molecule has 0 bridgehead atoms. The number of benzene rings is 1. The molecule has 4 atom stereocenters. The second-order valence-corrected chi connectivity index (χ2v) is 9.62. The van der Waals surface area contributed by atoms with E-state index in [4.69, 9.17) is 5.73 Å². The molecule has 1 saturated heterocycles. The van der Waals surface area contributed by atoms with Crippen LogP contribution >= 0.6 is 0 Å². The van der Waals surface area contributed by atoms with Gasteiger partial charge in [-0.25, -0.2) is 4.79 Å². The zero-order chi connectivity index (χ0) is 28.4. The summed E-state index contributed by atoms with van der Waals surface area (Å²) in [4.78, 5) is 65.4. The first kappa shape index (κ1) is 29.6. The van der Waals surface area contributed by atoms with E-state index in [0.717, 1.165) is 17.3 Å². The zero-order valence-electron chi connectivity index (χ0n) is 21.6. The summed E-state index contributed by atoms with van der Waals surface area (Å²) in [5.74, 6) is -4.72. The van der Waals surface area contributed by atoms with Crippen LogP contribution in [0.5, 0.6) is 0 Å². The molecule has 1 aliphatic rings. The number of unbranched alkanes of at least 4 members (excludes halogenated alkanes) is 1. The van der Waals surface area contributed by atoms with Crippen molar-refractivity contribution in [2.75, 3.05) is 13.1 Å². The minimum Gasteiger partial charge on any atom is -0.481 e. The molecule has 2 aromatic rings.